The molecule has 0 unspecified atom stereocenters. The van der Waals surface area contributed by atoms with E-state index in [1.807, 2.05) is 0 Å². The Kier molecular flexibility index (Phi) is 4.76. The summed E-state index contributed by atoms with van der Waals surface area (Å²) in [4.78, 5) is 29.3. The van der Waals surface area contributed by atoms with Crippen molar-refractivity contribution in [1.82, 2.24) is 19.1 Å². The predicted molar refractivity (Wildman–Crippen MR) is 106 cm³/mol. The van der Waals surface area contributed by atoms with Crippen molar-refractivity contribution in [2.24, 2.45) is 0 Å². The highest BCUT2D eigenvalue weighted by molar-refractivity contribution is 5.69. The summed E-state index contributed by atoms with van der Waals surface area (Å²) in [5, 5.41) is 29.8. The molecule has 1 N–H and O–H groups in total. The van der Waals surface area contributed by atoms with Crippen LogP contribution in [-0.4, -0.2) is 28.9 Å². The van der Waals surface area contributed by atoms with Gasteiger partial charge in [0.05, 0.1) is 29.0 Å². The predicted octanol–water partition coefficient (Wildman–Crippen LogP) is 2.63. The summed E-state index contributed by atoms with van der Waals surface area (Å²) >= 11 is 0. The molecule has 0 atom stereocenters. The molecule has 0 saturated carbocycles. The summed E-state index contributed by atoms with van der Waals surface area (Å²) < 4.78 is 3.53. The number of benzene rings is 2. The molecule has 2 aromatic carbocycles. The maximum absolute atomic E-state index is 10.8. The van der Waals surface area contributed by atoms with Gasteiger partial charge in [-0.25, -0.2) is 9.97 Å². The first kappa shape index (κ1) is 18.9. The molecule has 0 aliphatic heterocycles. The molecule has 11 heteroatoms. The van der Waals surface area contributed by atoms with Crippen molar-refractivity contribution in [2.45, 2.75) is 13.1 Å². The number of rotatable bonds is 6. The topological polar surface area (TPSA) is 146 Å². The van der Waals surface area contributed by atoms with Crippen LogP contribution in [0.3, 0.4) is 0 Å². The standard InChI is InChI=1S/C19H15N7O4/c20-18-17-19(22-12-23(17)9-13-1-5-15(6-2-13)25(27)28)24(11-21-18)10-14-3-7-16(8-4-14)26(29)30/h1-8,11-12,20H,9-10H2. The lowest BCUT2D eigenvalue weighted by Crippen LogP contribution is -2.16. The summed E-state index contributed by atoms with van der Waals surface area (Å²) in [5.74, 6) is 0. The number of nitro benzene ring substituents is 2. The van der Waals surface area contributed by atoms with Crippen LogP contribution in [0, 0.1) is 25.6 Å². The Labute approximate surface area is 168 Å². The van der Waals surface area contributed by atoms with Crippen LogP contribution >= 0.6 is 0 Å². The average Bonchev–Trinajstić information content (AvgIpc) is 3.15. The van der Waals surface area contributed by atoms with E-state index in [9.17, 15) is 20.2 Å². The molecular weight excluding hydrogens is 390 g/mol. The van der Waals surface area contributed by atoms with Crippen molar-refractivity contribution in [1.29, 1.82) is 5.41 Å². The molecule has 2 heterocycles. The van der Waals surface area contributed by atoms with Gasteiger partial charge < -0.3 is 9.13 Å². The molecule has 0 spiro atoms. The number of aromatic nitrogens is 4. The van der Waals surface area contributed by atoms with Crippen LogP contribution in [0.5, 0.6) is 0 Å². The quantitative estimate of drug-likeness (QED) is 0.385. The number of nitrogens with one attached hydrogen (secondary N) is 1. The Morgan fingerprint density at radius 3 is 1.73 bits per heavy atom. The fraction of sp³-hybridized carbons (Fsp3) is 0.105. The van der Waals surface area contributed by atoms with E-state index in [2.05, 4.69) is 9.97 Å². The van der Waals surface area contributed by atoms with Crippen LogP contribution in [0.4, 0.5) is 11.4 Å². The number of fused-ring (bicyclic) bond motifs is 1. The number of nitro groups is 2. The Balaban J connectivity index is 1.65. The van der Waals surface area contributed by atoms with Gasteiger partial charge in [-0.05, 0) is 11.1 Å². The SMILES string of the molecule is N=c1ncn(Cc2ccc([N+](=O)[O-])cc2)c2ncn(Cc3ccc([N+](=O)[O-])cc3)c12. The van der Waals surface area contributed by atoms with Crippen molar-refractivity contribution in [2.75, 3.05) is 0 Å². The molecule has 30 heavy (non-hydrogen) atoms. The first-order valence-corrected chi connectivity index (χ1v) is 8.84. The van der Waals surface area contributed by atoms with E-state index < -0.39 is 9.85 Å². The van der Waals surface area contributed by atoms with E-state index in [0.29, 0.717) is 24.3 Å². The lowest BCUT2D eigenvalue weighted by atomic mass is 10.2. The molecule has 0 saturated heterocycles. The third kappa shape index (κ3) is 3.63. The Bertz CT molecular complexity index is 1310. The number of hydrogen-bond acceptors (Lipinski definition) is 7. The van der Waals surface area contributed by atoms with Gasteiger partial charge in [-0.2, -0.15) is 0 Å². The highest BCUT2D eigenvalue weighted by Gasteiger charge is 2.12. The second-order valence-electron chi connectivity index (χ2n) is 6.61. The second-order valence-corrected chi connectivity index (χ2v) is 6.61. The summed E-state index contributed by atoms with van der Waals surface area (Å²) in [5.41, 5.74) is 2.82. The number of non-ortho nitro benzene ring substituents is 2. The molecule has 0 radical (unpaired) electrons. The van der Waals surface area contributed by atoms with Crippen LogP contribution in [-0.2, 0) is 13.1 Å². The van der Waals surface area contributed by atoms with Crippen LogP contribution in [0.2, 0.25) is 0 Å². The number of hydrogen-bond donors (Lipinski definition) is 1. The minimum Gasteiger partial charge on any atom is -0.322 e. The fourth-order valence-corrected chi connectivity index (χ4v) is 3.14. The maximum atomic E-state index is 10.8. The van der Waals surface area contributed by atoms with Gasteiger partial charge in [0.15, 0.2) is 11.1 Å². The fourth-order valence-electron chi connectivity index (χ4n) is 3.14. The molecule has 0 aliphatic carbocycles. The van der Waals surface area contributed by atoms with Gasteiger partial charge in [0, 0.05) is 30.8 Å². The van der Waals surface area contributed by atoms with Crippen molar-refractivity contribution in [3.63, 3.8) is 0 Å². The van der Waals surface area contributed by atoms with Crippen LogP contribution in [0.1, 0.15) is 11.1 Å². The Hall–Kier alpha value is -4.41. The summed E-state index contributed by atoms with van der Waals surface area (Å²) in [7, 11) is 0. The second kappa shape index (κ2) is 7.54. The van der Waals surface area contributed by atoms with Crippen molar-refractivity contribution in [3.05, 3.63) is 98.0 Å². The monoisotopic (exact) mass is 405 g/mol. The average molecular weight is 405 g/mol. The minimum absolute atomic E-state index is 0.0121. The minimum atomic E-state index is -0.455. The number of nitrogens with zero attached hydrogens (tertiary/aromatic N) is 6. The molecule has 0 fully saturated rings. The smallest absolute Gasteiger partial charge is 0.269 e. The van der Waals surface area contributed by atoms with Gasteiger partial charge in [-0.1, -0.05) is 24.3 Å². The zero-order valence-electron chi connectivity index (χ0n) is 15.5. The zero-order chi connectivity index (χ0) is 21.3. The van der Waals surface area contributed by atoms with E-state index >= 15 is 0 Å². The van der Waals surface area contributed by atoms with E-state index in [4.69, 9.17) is 5.41 Å². The molecule has 4 aromatic rings. The van der Waals surface area contributed by atoms with Crippen molar-refractivity contribution in [3.8, 4) is 0 Å². The molecule has 2 aromatic heterocycles. The van der Waals surface area contributed by atoms with E-state index in [1.54, 1.807) is 39.7 Å². The third-order valence-corrected chi connectivity index (χ3v) is 4.64. The summed E-state index contributed by atoms with van der Waals surface area (Å²) in [6.07, 6.45) is 3.10. The van der Waals surface area contributed by atoms with Crippen molar-refractivity contribution >= 4 is 22.5 Å². The third-order valence-electron chi connectivity index (χ3n) is 4.64. The molecule has 11 nitrogen and oxygen atoms in total. The van der Waals surface area contributed by atoms with Gasteiger partial charge in [0.2, 0.25) is 0 Å². The summed E-state index contributed by atoms with van der Waals surface area (Å²) in [6.45, 7) is 0.764. The van der Waals surface area contributed by atoms with E-state index in [1.165, 1.54) is 30.6 Å². The van der Waals surface area contributed by atoms with E-state index in [0.717, 1.165) is 11.1 Å². The first-order valence-electron chi connectivity index (χ1n) is 8.84. The highest BCUT2D eigenvalue weighted by Crippen LogP contribution is 2.17. The van der Waals surface area contributed by atoms with Crippen LogP contribution in [0.25, 0.3) is 11.2 Å². The molecule has 150 valence electrons. The zero-order valence-corrected chi connectivity index (χ0v) is 15.5. The lowest BCUT2D eigenvalue weighted by molar-refractivity contribution is -0.385. The molecule has 0 aliphatic rings. The molecular formula is C19H15N7O4. The Morgan fingerprint density at radius 1 is 0.767 bits per heavy atom. The largest absolute Gasteiger partial charge is 0.322 e. The summed E-state index contributed by atoms with van der Waals surface area (Å²) in [6, 6.07) is 12.4. The van der Waals surface area contributed by atoms with Gasteiger partial charge in [-0.15, -0.1) is 0 Å². The van der Waals surface area contributed by atoms with E-state index in [-0.39, 0.29) is 16.9 Å². The number of imidazole rings is 1. The van der Waals surface area contributed by atoms with Gasteiger partial charge in [-0.3, -0.25) is 25.6 Å². The molecule has 0 bridgehead atoms. The normalized spacial score (nSPS) is 10.9. The Morgan fingerprint density at radius 2 is 1.23 bits per heavy atom. The van der Waals surface area contributed by atoms with Gasteiger partial charge >= 0.3 is 0 Å². The van der Waals surface area contributed by atoms with Crippen LogP contribution in [0.15, 0.2) is 61.2 Å². The van der Waals surface area contributed by atoms with Crippen LogP contribution < -0.4 is 5.49 Å². The first-order chi connectivity index (χ1) is 14.4. The highest BCUT2D eigenvalue weighted by atomic mass is 16.6. The molecule has 4 rings (SSSR count). The molecule has 0 amide bonds. The van der Waals surface area contributed by atoms with Gasteiger partial charge in [0.25, 0.3) is 11.4 Å². The maximum Gasteiger partial charge on any atom is 0.269 e. The lowest BCUT2D eigenvalue weighted by Gasteiger charge is -2.09. The van der Waals surface area contributed by atoms with Crippen molar-refractivity contribution < 1.29 is 9.85 Å². The van der Waals surface area contributed by atoms with Gasteiger partial charge in [0.1, 0.15) is 5.52 Å².